The molecule has 4 heteroatoms. The first-order chi connectivity index (χ1) is 7.56. The summed E-state index contributed by atoms with van der Waals surface area (Å²) in [5.74, 6) is 1.49. The highest BCUT2D eigenvalue weighted by molar-refractivity contribution is 5.98. The van der Waals surface area contributed by atoms with Crippen LogP contribution in [0.2, 0.25) is 0 Å². The van der Waals surface area contributed by atoms with Gasteiger partial charge < -0.3 is 4.42 Å². The lowest BCUT2D eigenvalue weighted by atomic mass is 10.1. The number of nitrogens with zero attached hydrogens (tertiary/aromatic N) is 2. The van der Waals surface area contributed by atoms with Gasteiger partial charge in [-0.05, 0) is 26.0 Å². The van der Waals surface area contributed by atoms with Gasteiger partial charge in [0.2, 0.25) is 0 Å². The molecule has 0 unspecified atom stereocenters. The Bertz CT molecular complexity index is 523. The highest BCUT2D eigenvalue weighted by Crippen LogP contribution is 2.15. The molecule has 84 valence electrons. The molecule has 4 nitrogen and oxygen atoms in total. The summed E-state index contributed by atoms with van der Waals surface area (Å²) in [6.45, 7) is 3.64. The van der Waals surface area contributed by atoms with Crippen LogP contribution in [0.4, 0.5) is 0 Å². The zero-order valence-corrected chi connectivity index (χ0v) is 9.65. The number of hydrogen-bond acceptors (Lipinski definition) is 3. The summed E-state index contributed by atoms with van der Waals surface area (Å²) in [6, 6.07) is 3.63. The van der Waals surface area contributed by atoms with Crippen molar-refractivity contribution >= 4 is 5.78 Å². The summed E-state index contributed by atoms with van der Waals surface area (Å²) >= 11 is 0. The SMILES string of the molecule is Cc1cc(C(=O)Cc2ccn(C)n2)c(C)o1. The van der Waals surface area contributed by atoms with Gasteiger partial charge in [-0.15, -0.1) is 0 Å². The monoisotopic (exact) mass is 218 g/mol. The number of rotatable bonds is 3. The Kier molecular flexibility index (Phi) is 2.64. The van der Waals surface area contributed by atoms with Gasteiger partial charge in [-0.3, -0.25) is 9.48 Å². The Morgan fingerprint density at radius 2 is 2.25 bits per heavy atom. The molecule has 0 fully saturated rings. The van der Waals surface area contributed by atoms with E-state index in [0.29, 0.717) is 17.7 Å². The largest absolute Gasteiger partial charge is 0.466 e. The first-order valence-corrected chi connectivity index (χ1v) is 5.15. The molecule has 0 atom stereocenters. The van der Waals surface area contributed by atoms with Gasteiger partial charge in [-0.25, -0.2) is 0 Å². The van der Waals surface area contributed by atoms with Gasteiger partial charge in [0.05, 0.1) is 17.7 Å². The summed E-state index contributed by atoms with van der Waals surface area (Å²) in [7, 11) is 1.83. The number of aryl methyl sites for hydroxylation is 3. The molecule has 0 aliphatic heterocycles. The van der Waals surface area contributed by atoms with Crippen molar-refractivity contribution in [1.29, 1.82) is 0 Å². The molecule has 16 heavy (non-hydrogen) atoms. The molecule has 0 aliphatic rings. The standard InChI is InChI=1S/C12H14N2O2/c1-8-6-11(9(2)16-8)12(15)7-10-4-5-14(3)13-10/h4-6H,7H2,1-3H3. The molecular weight excluding hydrogens is 204 g/mol. The molecule has 0 saturated heterocycles. The van der Waals surface area contributed by atoms with E-state index in [1.807, 2.05) is 26.2 Å². The van der Waals surface area contributed by atoms with E-state index in [1.165, 1.54) is 0 Å². The molecule has 0 aromatic carbocycles. The van der Waals surface area contributed by atoms with Crippen molar-refractivity contribution in [3.63, 3.8) is 0 Å². The molecule has 0 saturated carbocycles. The topological polar surface area (TPSA) is 48.0 Å². The number of ketones is 1. The molecule has 0 aliphatic carbocycles. The second-order valence-electron chi connectivity index (χ2n) is 3.91. The van der Waals surface area contributed by atoms with Gasteiger partial charge in [-0.1, -0.05) is 0 Å². The Morgan fingerprint density at radius 1 is 1.50 bits per heavy atom. The minimum Gasteiger partial charge on any atom is -0.466 e. The van der Waals surface area contributed by atoms with Crippen molar-refractivity contribution in [2.45, 2.75) is 20.3 Å². The third-order valence-corrected chi connectivity index (χ3v) is 2.45. The normalized spacial score (nSPS) is 10.7. The molecule has 2 heterocycles. The fourth-order valence-electron chi connectivity index (χ4n) is 1.72. The Balaban J connectivity index is 2.17. The molecule has 2 rings (SSSR count). The number of carbonyl (C=O) groups is 1. The van der Waals surface area contributed by atoms with E-state index in [2.05, 4.69) is 5.10 Å². The molecule has 2 aromatic heterocycles. The van der Waals surface area contributed by atoms with Crippen molar-refractivity contribution in [3.05, 3.63) is 41.1 Å². The second kappa shape index (κ2) is 3.96. The van der Waals surface area contributed by atoms with Gasteiger partial charge in [0.25, 0.3) is 0 Å². The Morgan fingerprint density at radius 3 is 2.75 bits per heavy atom. The van der Waals surface area contributed by atoms with E-state index in [0.717, 1.165) is 11.5 Å². The van der Waals surface area contributed by atoms with Crippen LogP contribution in [-0.4, -0.2) is 15.6 Å². The number of Topliss-reactive ketones (excluding diaryl/α,β-unsaturated/α-hetero) is 1. The molecule has 0 bridgehead atoms. The third kappa shape index (κ3) is 2.05. The predicted molar refractivity (Wildman–Crippen MR) is 59.4 cm³/mol. The Hall–Kier alpha value is -1.84. The lowest BCUT2D eigenvalue weighted by Crippen LogP contribution is -2.04. The smallest absolute Gasteiger partial charge is 0.172 e. The third-order valence-electron chi connectivity index (χ3n) is 2.45. The quantitative estimate of drug-likeness (QED) is 0.741. The van der Waals surface area contributed by atoms with Crippen molar-refractivity contribution in [3.8, 4) is 0 Å². The minimum atomic E-state index is 0.0491. The number of carbonyl (C=O) groups excluding carboxylic acids is 1. The minimum absolute atomic E-state index is 0.0491. The maximum Gasteiger partial charge on any atom is 0.172 e. The molecule has 0 radical (unpaired) electrons. The van der Waals surface area contributed by atoms with Gasteiger partial charge in [0.15, 0.2) is 5.78 Å². The van der Waals surface area contributed by atoms with Crippen LogP contribution < -0.4 is 0 Å². The van der Waals surface area contributed by atoms with Crippen LogP contribution in [0.1, 0.15) is 27.6 Å². The summed E-state index contributed by atoms with van der Waals surface area (Å²) < 4.78 is 7.02. The maximum absolute atomic E-state index is 11.9. The van der Waals surface area contributed by atoms with Crippen molar-refractivity contribution in [2.75, 3.05) is 0 Å². The van der Waals surface area contributed by atoms with E-state index in [-0.39, 0.29) is 5.78 Å². The van der Waals surface area contributed by atoms with Crippen LogP contribution in [0.25, 0.3) is 0 Å². The van der Waals surface area contributed by atoms with Gasteiger partial charge >= 0.3 is 0 Å². The zero-order chi connectivity index (χ0) is 11.7. The molecule has 2 aromatic rings. The van der Waals surface area contributed by atoms with Crippen LogP contribution in [-0.2, 0) is 13.5 Å². The van der Waals surface area contributed by atoms with Crippen molar-refractivity contribution < 1.29 is 9.21 Å². The van der Waals surface area contributed by atoms with Crippen molar-refractivity contribution in [2.24, 2.45) is 7.05 Å². The summed E-state index contributed by atoms with van der Waals surface area (Å²) in [5, 5.41) is 4.18. The first-order valence-electron chi connectivity index (χ1n) is 5.15. The van der Waals surface area contributed by atoms with Crippen LogP contribution >= 0.6 is 0 Å². The highest BCUT2D eigenvalue weighted by atomic mass is 16.3. The van der Waals surface area contributed by atoms with Gasteiger partial charge in [-0.2, -0.15) is 5.10 Å². The molecule has 0 spiro atoms. The van der Waals surface area contributed by atoms with E-state index >= 15 is 0 Å². The maximum atomic E-state index is 11.9. The van der Waals surface area contributed by atoms with Gasteiger partial charge in [0, 0.05) is 13.2 Å². The molecule has 0 amide bonds. The predicted octanol–water partition coefficient (Wildman–Crippen LogP) is 2.06. The first kappa shape index (κ1) is 10.7. The van der Waals surface area contributed by atoms with E-state index in [9.17, 15) is 4.79 Å². The average Bonchev–Trinajstić information content (AvgIpc) is 2.73. The van der Waals surface area contributed by atoms with Crippen LogP contribution in [0.3, 0.4) is 0 Å². The average molecular weight is 218 g/mol. The highest BCUT2D eigenvalue weighted by Gasteiger charge is 2.14. The van der Waals surface area contributed by atoms with E-state index < -0.39 is 0 Å². The molecular formula is C12H14N2O2. The zero-order valence-electron chi connectivity index (χ0n) is 9.65. The fraction of sp³-hybridized carbons (Fsp3) is 0.333. The Labute approximate surface area is 93.9 Å². The van der Waals surface area contributed by atoms with Gasteiger partial charge in [0.1, 0.15) is 11.5 Å². The number of aromatic nitrogens is 2. The fourth-order valence-corrected chi connectivity index (χ4v) is 1.72. The molecule has 0 N–H and O–H groups in total. The van der Waals surface area contributed by atoms with Crippen molar-refractivity contribution in [1.82, 2.24) is 9.78 Å². The summed E-state index contributed by atoms with van der Waals surface area (Å²) in [5.41, 5.74) is 1.44. The summed E-state index contributed by atoms with van der Waals surface area (Å²) in [6.07, 6.45) is 2.15. The number of hydrogen-bond donors (Lipinski definition) is 0. The van der Waals surface area contributed by atoms with Crippen LogP contribution in [0.15, 0.2) is 22.7 Å². The van der Waals surface area contributed by atoms with E-state index in [1.54, 1.807) is 17.7 Å². The van der Waals surface area contributed by atoms with Crippen LogP contribution in [0.5, 0.6) is 0 Å². The lowest BCUT2D eigenvalue weighted by molar-refractivity contribution is 0.0990. The summed E-state index contributed by atoms with van der Waals surface area (Å²) in [4.78, 5) is 11.9. The lowest BCUT2D eigenvalue weighted by Gasteiger charge is -1.95. The van der Waals surface area contributed by atoms with E-state index in [4.69, 9.17) is 4.42 Å². The number of furan rings is 1. The second-order valence-corrected chi connectivity index (χ2v) is 3.91. The van der Waals surface area contributed by atoms with Crippen LogP contribution in [0, 0.1) is 13.8 Å².